The van der Waals surface area contributed by atoms with Crippen molar-refractivity contribution in [2.24, 2.45) is 0 Å². The third-order valence-electron chi connectivity index (χ3n) is 4.28. The van der Waals surface area contributed by atoms with Crippen LogP contribution in [0.25, 0.3) is 22.1 Å². The number of aromatic nitrogens is 1. The van der Waals surface area contributed by atoms with Crippen LogP contribution in [0.1, 0.15) is 12.0 Å². The van der Waals surface area contributed by atoms with Crippen LogP contribution in [0.3, 0.4) is 0 Å². The Bertz CT molecular complexity index is 900. The summed E-state index contributed by atoms with van der Waals surface area (Å²) in [7, 11) is 2.08. The molecule has 0 N–H and O–H groups in total. The van der Waals surface area contributed by atoms with Gasteiger partial charge in [-0.3, -0.25) is 4.98 Å². The van der Waals surface area contributed by atoms with E-state index in [0.29, 0.717) is 11.1 Å². The summed E-state index contributed by atoms with van der Waals surface area (Å²) in [6.45, 7) is 1.04. The van der Waals surface area contributed by atoms with Gasteiger partial charge in [0.1, 0.15) is 5.58 Å². The first-order valence-electron chi connectivity index (χ1n) is 7.45. The molecule has 4 heteroatoms. The van der Waals surface area contributed by atoms with Crippen molar-refractivity contribution in [2.75, 3.05) is 18.5 Å². The van der Waals surface area contributed by atoms with Crippen LogP contribution in [0.5, 0.6) is 0 Å². The Kier molecular flexibility index (Phi) is 2.96. The number of rotatable bonds is 1. The zero-order valence-electron chi connectivity index (χ0n) is 12.4. The average Bonchev–Trinajstić information content (AvgIpc) is 2.54. The molecule has 0 saturated carbocycles. The number of hydrogen-bond acceptors (Lipinski definition) is 4. The van der Waals surface area contributed by atoms with Gasteiger partial charge < -0.3 is 9.32 Å². The number of aryl methyl sites for hydroxylation is 1. The minimum Gasteiger partial charge on any atom is -0.422 e. The van der Waals surface area contributed by atoms with Crippen molar-refractivity contribution < 1.29 is 4.42 Å². The van der Waals surface area contributed by atoms with Gasteiger partial charge in [-0.2, -0.15) is 0 Å². The quantitative estimate of drug-likeness (QED) is 0.646. The van der Waals surface area contributed by atoms with Crippen LogP contribution in [-0.4, -0.2) is 18.6 Å². The topological polar surface area (TPSA) is 46.3 Å². The van der Waals surface area contributed by atoms with Gasteiger partial charge in [0.05, 0.1) is 5.56 Å². The molecule has 1 aromatic carbocycles. The van der Waals surface area contributed by atoms with Gasteiger partial charge in [0.25, 0.3) is 0 Å². The van der Waals surface area contributed by atoms with Crippen LogP contribution < -0.4 is 10.5 Å². The third kappa shape index (κ3) is 2.08. The van der Waals surface area contributed by atoms with Gasteiger partial charge in [-0.25, -0.2) is 4.79 Å². The maximum atomic E-state index is 12.3. The van der Waals surface area contributed by atoms with Gasteiger partial charge in [-0.05, 0) is 48.2 Å². The fraction of sp³-hybridized carbons (Fsp3) is 0.222. The lowest BCUT2D eigenvalue weighted by molar-refractivity contribution is 0.563. The molecule has 3 heterocycles. The Morgan fingerprint density at radius 3 is 2.82 bits per heavy atom. The van der Waals surface area contributed by atoms with Crippen LogP contribution in [0, 0.1) is 0 Å². The maximum Gasteiger partial charge on any atom is 0.344 e. The second kappa shape index (κ2) is 4.98. The highest BCUT2D eigenvalue weighted by Crippen LogP contribution is 2.31. The predicted octanol–water partition coefficient (Wildman–Crippen LogP) is 3.24. The summed E-state index contributed by atoms with van der Waals surface area (Å²) in [6.07, 6.45) is 5.59. The summed E-state index contributed by atoms with van der Waals surface area (Å²) in [6, 6.07) is 9.70. The van der Waals surface area contributed by atoms with Gasteiger partial charge in [0.15, 0.2) is 0 Å². The van der Waals surface area contributed by atoms with Crippen molar-refractivity contribution in [1.29, 1.82) is 0 Å². The highest BCUT2D eigenvalue weighted by molar-refractivity contribution is 5.86. The fourth-order valence-corrected chi connectivity index (χ4v) is 3.12. The van der Waals surface area contributed by atoms with Gasteiger partial charge in [0, 0.05) is 43.1 Å². The number of hydrogen-bond donors (Lipinski definition) is 0. The van der Waals surface area contributed by atoms with Gasteiger partial charge in [0.2, 0.25) is 0 Å². The fourth-order valence-electron chi connectivity index (χ4n) is 3.12. The molecule has 0 amide bonds. The average molecular weight is 292 g/mol. The lowest BCUT2D eigenvalue weighted by Gasteiger charge is -2.27. The number of pyridine rings is 1. The SMILES string of the molecule is CN1CCCc2cc3cc(-c4ccncc4)c(=O)oc3cc21. The van der Waals surface area contributed by atoms with Crippen LogP contribution in [0.2, 0.25) is 0 Å². The second-order valence-corrected chi connectivity index (χ2v) is 5.73. The smallest absolute Gasteiger partial charge is 0.344 e. The summed E-state index contributed by atoms with van der Waals surface area (Å²) in [4.78, 5) is 18.5. The minimum absolute atomic E-state index is 0.308. The lowest BCUT2D eigenvalue weighted by atomic mass is 9.99. The normalized spacial score (nSPS) is 14.1. The Morgan fingerprint density at radius 2 is 2.00 bits per heavy atom. The summed E-state index contributed by atoms with van der Waals surface area (Å²) in [5.41, 5.74) is 4.24. The zero-order valence-corrected chi connectivity index (χ0v) is 12.4. The van der Waals surface area contributed by atoms with Crippen LogP contribution in [0.4, 0.5) is 5.69 Å². The van der Waals surface area contributed by atoms with E-state index in [0.717, 1.165) is 30.3 Å². The molecule has 0 fully saturated rings. The molecule has 4 nitrogen and oxygen atoms in total. The second-order valence-electron chi connectivity index (χ2n) is 5.73. The maximum absolute atomic E-state index is 12.3. The molecule has 3 aromatic rings. The Hall–Kier alpha value is -2.62. The number of fused-ring (bicyclic) bond motifs is 2. The Balaban J connectivity index is 1.95. The van der Waals surface area contributed by atoms with Crippen LogP contribution in [0.15, 0.2) is 51.9 Å². The molecule has 2 aromatic heterocycles. The van der Waals surface area contributed by atoms with E-state index in [9.17, 15) is 4.79 Å². The lowest BCUT2D eigenvalue weighted by Crippen LogP contribution is -2.24. The van der Waals surface area contributed by atoms with Crippen LogP contribution in [-0.2, 0) is 6.42 Å². The van der Waals surface area contributed by atoms with Crippen molar-refractivity contribution >= 4 is 16.7 Å². The Labute approximate surface area is 128 Å². The van der Waals surface area contributed by atoms with Crippen molar-refractivity contribution in [1.82, 2.24) is 4.98 Å². The molecule has 1 aliphatic rings. The molecule has 22 heavy (non-hydrogen) atoms. The molecule has 0 bridgehead atoms. The molecule has 0 atom stereocenters. The number of anilines is 1. The van der Waals surface area contributed by atoms with E-state index in [1.165, 1.54) is 11.3 Å². The van der Waals surface area contributed by atoms with Gasteiger partial charge in [-0.15, -0.1) is 0 Å². The molecular weight excluding hydrogens is 276 g/mol. The molecule has 0 aliphatic carbocycles. The van der Waals surface area contributed by atoms with Gasteiger partial charge in [-0.1, -0.05) is 0 Å². The number of benzene rings is 1. The van der Waals surface area contributed by atoms with E-state index in [1.54, 1.807) is 12.4 Å². The van der Waals surface area contributed by atoms with Gasteiger partial charge >= 0.3 is 5.63 Å². The summed E-state index contributed by atoms with van der Waals surface area (Å²) >= 11 is 0. The van der Waals surface area contributed by atoms with Crippen molar-refractivity contribution in [3.63, 3.8) is 0 Å². The largest absolute Gasteiger partial charge is 0.422 e. The highest BCUT2D eigenvalue weighted by Gasteiger charge is 2.16. The van der Waals surface area contributed by atoms with E-state index in [2.05, 4.69) is 23.0 Å². The Morgan fingerprint density at radius 1 is 1.18 bits per heavy atom. The van der Waals surface area contributed by atoms with E-state index in [4.69, 9.17) is 4.42 Å². The molecule has 0 saturated heterocycles. The van der Waals surface area contributed by atoms with E-state index in [-0.39, 0.29) is 5.63 Å². The molecule has 110 valence electrons. The van der Waals surface area contributed by atoms with Crippen molar-refractivity contribution in [3.05, 3.63) is 58.7 Å². The summed E-state index contributed by atoms with van der Waals surface area (Å²) in [5.74, 6) is 0. The molecule has 0 unspecified atom stereocenters. The number of nitrogens with zero attached hydrogens (tertiary/aromatic N) is 2. The molecule has 0 spiro atoms. The molecule has 0 radical (unpaired) electrons. The first-order valence-corrected chi connectivity index (χ1v) is 7.45. The van der Waals surface area contributed by atoms with E-state index in [1.807, 2.05) is 24.3 Å². The summed E-state index contributed by atoms with van der Waals surface area (Å²) < 4.78 is 5.56. The first kappa shape index (κ1) is 13.1. The molecular formula is C18H16N2O2. The van der Waals surface area contributed by atoms with Crippen LogP contribution >= 0.6 is 0 Å². The monoisotopic (exact) mass is 292 g/mol. The van der Waals surface area contributed by atoms with Crippen molar-refractivity contribution in [2.45, 2.75) is 12.8 Å². The zero-order chi connectivity index (χ0) is 15.1. The summed E-state index contributed by atoms with van der Waals surface area (Å²) in [5, 5.41) is 0.973. The van der Waals surface area contributed by atoms with E-state index < -0.39 is 0 Å². The molecule has 1 aliphatic heterocycles. The molecule has 4 rings (SSSR count). The third-order valence-corrected chi connectivity index (χ3v) is 4.28. The van der Waals surface area contributed by atoms with E-state index >= 15 is 0 Å². The minimum atomic E-state index is -0.308. The van der Waals surface area contributed by atoms with Crippen molar-refractivity contribution in [3.8, 4) is 11.1 Å². The first-order chi connectivity index (χ1) is 10.7. The predicted molar refractivity (Wildman–Crippen MR) is 87.3 cm³/mol. The highest BCUT2D eigenvalue weighted by atomic mass is 16.4. The standard InChI is InChI=1S/C18H16N2O2/c1-20-8-2-3-13-9-14-10-15(12-4-6-19-7-5-12)18(21)22-17(14)11-16(13)20/h4-7,9-11H,2-3,8H2,1H3.